The van der Waals surface area contributed by atoms with Crippen LogP contribution in [-0.4, -0.2) is 24.1 Å². The number of hydrogen-bond donors (Lipinski definition) is 0. The summed E-state index contributed by atoms with van der Waals surface area (Å²) in [5.74, 6) is 1.79. The van der Waals surface area contributed by atoms with E-state index in [-0.39, 0.29) is 0 Å². The van der Waals surface area contributed by atoms with Gasteiger partial charge in [-0.3, -0.25) is 4.57 Å². The minimum atomic E-state index is 0.558. The summed E-state index contributed by atoms with van der Waals surface area (Å²) in [6.07, 6.45) is 0. The van der Waals surface area contributed by atoms with Gasteiger partial charge in [0.1, 0.15) is 5.58 Å². The lowest BCUT2D eigenvalue weighted by Crippen LogP contribution is -2.07. The number of rotatable bonds is 5. The van der Waals surface area contributed by atoms with Crippen molar-refractivity contribution in [3.8, 4) is 45.5 Å². The van der Waals surface area contributed by atoms with Gasteiger partial charge in [0.05, 0.1) is 27.8 Å². The molecule has 0 atom stereocenters. The monoisotopic (exact) mass is 929 g/mol. The van der Waals surface area contributed by atoms with E-state index >= 15 is 0 Å². The molecule has 0 aliphatic carbocycles. The zero-order valence-corrected chi connectivity index (χ0v) is 39.2. The lowest BCUT2D eigenvalue weighted by Gasteiger charge is -2.15. The second-order valence-electron chi connectivity index (χ2n) is 19.1. The van der Waals surface area contributed by atoms with Gasteiger partial charge < -0.3 is 8.98 Å². The Kier molecular flexibility index (Phi) is 8.36. The van der Waals surface area contributed by atoms with Gasteiger partial charge in [-0.2, -0.15) is 9.97 Å². The van der Waals surface area contributed by atoms with Crippen LogP contribution >= 0.6 is 0 Å². The Bertz CT molecular complexity index is 4860. The van der Waals surface area contributed by atoms with Gasteiger partial charge >= 0.3 is 0 Å². The van der Waals surface area contributed by atoms with Gasteiger partial charge in [-0.15, -0.1) is 0 Å². The number of hydrogen-bond acceptors (Lipinski definition) is 4. The minimum Gasteiger partial charge on any atom is -0.454 e. The fourth-order valence-electron chi connectivity index (χ4n) is 11.9. The van der Waals surface area contributed by atoms with Gasteiger partial charge in [0, 0.05) is 43.4 Å². The highest BCUT2D eigenvalue weighted by atomic mass is 16.3. The van der Waals surface area contributed by atoms with E-state index < -0.39 is 0 Å². The van der Waals surface area contributed by atoms with Gasteiger partial charge in [0.2, 0.25) is 5.95 Å². The zero-order valence-electron chi connectivity index (χ0n) is 39.2. The fraction of sp³-hybridized carbons (Fsp3) is 0. The maximum atomic E-state index is 6.60. The van der Waals surface area contributed by atoms with Crippen LogP contribution in [0.3, 0.4) is 0 Å². The number of fused-ring (bicyclic) bond motifs is 15. The predicted octanol–water partition coefficient (Wildman–Crippen LogP) is 17.6. The summed E-state index contributed by atoms with van der Waals surface area (Å²) in [5.41, 5.74) is 11.2. The molecule has 73 heavy (non-hydrogen) atoms. The van der Waals surface area contributed by atoms with Crippen molar-refractivity contribution in [2.75, 3.05) is 0 Å². The molecule has 0 saturated carbocycles. The topological polar surface area (TPSA) is 61.7 Å². The predicted molar refractivity (Wildman–Crippen MR) is 302 cm³/mol. The van der Waals surface area contributed by atoms with Gasteiger partial charge in [0.25, 0.3) is 0 Å². The first kappa shape index (κ1) is 39.9. The van der Waals surface area contributed by atoms with Crippen LogP contribution in [0.2, 0.25) is 0 Å². The van der Waals surface area contributed by atoms with Crippen molar-refractivity contribution in [2.45, 2.75) is 0 Å². The highest BCUT2D eigenvalue weighted by Gasteiger charge is 2.23. The van der Waals surface area contributed by atoms with Crippen molar-refractivity contribution in [3.05, 3.63) is 237 Å². The number of aromatic nitrogens is 5. The number of nitrogens with zero attached hydrogens (tertiary/aromatic N) is 5. The first-order valence-electron chi connectivity index (χ1n) is 24.8. The summed E-state index contributed by atoms with van der Waals surface area (Å²) in [6, 6.07) is 84.5. The molecule has 0 aliphatic heterocycles. The van der Waals surface area contributed by atoms with E-state index in [0.717, 1.165) is 115 Å². The molecule has 12 aromatic carbocycles. The molecule has 0 N–H and O–H groups in total. The average molecular weight is 930 g/mol. The molecule has 4 heterocycles. The second-order valence-corrected chi connectivity index (χ2v) is 19.1. The molecule has 0 radical (unpaired) electrons. The van der Waals surface area contributed by atoms with E-state index in [0.29, 0.717) is 17.6 Å². The first-order chi connectivity index (χ1) is 36.2. The van der Waals surface area contributed by atoms with Crippen LogP contribution in [0, 0.1) is 0 Å². The van der Waals surface area contributed by atoms with Crippen LogP contribution in [0.5, 0.6) is 0 Å². The van der Waals surface area contributed by atoms with E-state index in [1.807, 2.05) is 12.1 Å². The summed E-state index contributed by atoms with van der Waals surface area (Å²) < 4.78 is 11.2. The normalized spacial score (nSPS) is 12.1. The molecule has 4 aromatic heterocycles. The first-order valence-corrected chi connectivity index (χ1v) is 24.8. The SMILES string of the molecule is c1ccc2c(c1)cc(-c1nc(-c3cc4ccccc4c4ccccc34)nc(-n3c4ccccc4c4cc(-c5ccc6c(c5)c5ccccc5n6-c5cccc6c5oc5ccccc56)ccc43)n1)c1ccccc12. The maximum absolute atomic E-state index is 6.60. The quantitative estimate of drug-likeness (QED) is 0.161. The molecule has 16 aromatic rings. The van der Waals surface area contributed by atoms with E-state index in [2.05, 4.69) is 234 Å². The number of benzene rings is 12. The summed E-state index contributed by atoms with van der Waals surface area (Å²) in [4.78, 5) is 16.5. The van der Waals surface area contributed by atoms with Crippen LogP contribution in [0.1, 0.15) is 0 Å². The van der Waals surface area contributed by atoms with Crippen molar-refractivity contribution in [1.29, 1.82) is 0 Å². The molecular formula is C67H39N5O. The molecule has 0 spiro atoms. The van der Waals surface area contributed by atoms with Crippen molar-refractivity contribution in [2.24, 2.45) is 0 Å². The Morgan fingerprint density at radius 2 is 0.726 bits per heavy atom. The summed E-state index contributed by atoms with van der Waals surface area (Å²) in [5, 5.41) is 16.0. The van der Waals surface area contributed by atoms with E-state index in [1.54, 1.807) is 0 Å². The highest BCUT2D eigenvalue weighted by Crippen LogP contribution is 2.42. The van der Waals surface area contributed by atoms with Crippen molar-refractivity contribution in [3.63, 3.8) is 0 Å². The number of para-hydroxylation sites is 4. The molecule has 0 aliphatic rings. The van der Waals surface area contributed by atoms with Crippen LogP contribution in [-0.2, 0) is 0 Å². The van der Waals surface area contributed by atoms with E-state index in [9.17, 15) is 0 Å². The highest BCUT2D eigenvalue weighted by molar-refractivity contribution is 6.17. The van der Waals surface area contributed by atoms with E-state index in [1.165, 1.54) is 21.5 Å². The molecule has 0 amide bonds. The van der Waals surface area contributed by atoms with Crippen LogP contribution < -0.4 is 0 Å². The van der Waals surface area contributed by atoms with Crippen molar-refractivity contribution < 1.29 is 4.42 Å². The molecule has 0 bridgehead atoms. The molecule has 16 rings (SSSR count). The Hall–Kier alpha value is -9.91. The van der Waals surface area contributed by atoms with Crippen LogP contribution in [0.15, 0.2) is 241 Å². The molecule has 0 unspecified atom stereocenters. The third kappa shape index (κ3) is 5.89. The van der Waals surface area contributed by atoms with Gasteiger partial charge in [-0.25, -0.2) is 4.98 Å². The Morgan fingerprint density at radius 3 is 1.32 bits per heavy atom. The lowest BCUT2D eigenvalue weighted by atomic mass is 9.96. The minimum absolute atomic E-state index is 0.558. The Morgan fingerprint density at radius 1 is 0.288 bits per heavy atom. The van der Waals surface area contributed by atoms with Crippen LogP contribution in [0.4, 0.5) is 0 Å². The maximum Gasteiger partial charge on any atom is 0.238 e. The van der Waals surface area contributed by atoms with E-state index in [4.69, 9.17) is 19.4 Å². The molecule has 0 fully saturated rings. The standard InChI is InChI=1S/C67H39N5O/c1-3-18-44-42(16-1)38-56(48-22-7-5-20-46(44)48)65-68-66(57-39-43-17-2-4-19-45(43)47-21-6-8-23-49(47)57)70-67(69-65)72-59-29-13-10-25-51(59)55-37-41(33-35-61(55)72)40-32-34-60-54(36-40)50-24-9-12-28-58(50)71(60)62-30-15-27-53-52-26-11-14-31-63(52)73-64(53)62/h1-39H. The summed E-state index contributed by atoms with van der Waals surface area (Å²) in [7, 11) is 0. The van der Waals surface area contributed by atoms with Gasteiger partial charge in [-0.1, -0.05) is 176 Å². The second kappa shape index (κ2) is 15.3. The Balaban J connectivity index is 0.914. The third-order valence-electron chi connectivity index (χ3n) is 15.1. The largest absolute Gasteiger partial charge is 0.454 e. The van der Waals surface area contributed by atoms with Gasteiger partial charge in [0.15, 0.2) is 17.2 Å². The van der Waals surface area contributed by atoms with Crippen molar-refractivity contribution >= 4 is 109 Å². The molecule has 338 valence electrons. The zero-order chi connectivity index (χ0) is 47.7. The van der Waals surface area contributed by atoms with Crippen LogP contribution in [0.25, 0.3) is 154 Å². The molecule has 0 saturated heterocycles. The molecule has 6 nitrogen and oxygen atoms in total. The molecule has 6 heteroatoms. The number of furan rings is 1. The summed E-state index contributed by atoms with van der Waals surface area (Å²) >= 11 is 0. The Labute approximate surface area is 417 Å². The summed E-state index contributed by atoms with van der Waals surface area (Å²) in [6.45, 7) is 0. The smallest absolute Gasteiger partial charge is 0.238 e. The molecular weight excluding hydrogens is 891 g/mol. The third-order valence-corrected chi connectivity index (χ3v) is 15.1. The van der Waals surface area contributed by atoms with Gasteiger partial charge in [-0.05, 0) is 115 Å². The average Bonchev–Trinajstić information content (AvgIpc) is 4.12. The fourth-order valence-corrected chi connectivity index (χ4v) is 11.9. The van der Waals surface area contributed by atoms with Crippen molar-refractivity contribution in [1.82, 2.24) is 24.1 Å². The lowest BCUT2D eigenvalue weighted by molar-refractivity contribution is 0.666.